The Hall–Kier alpha value is -2.11. The molecule has 1 aromatic carbocycles. The highest BCUT2D eigenvalue weighted by molar-refractivity contribution is 5.84. The van der Waals surface area contributed by atoms with E-state index in [0.717, 1.165) is 0 Å². The van der Waals surface area contributed by atoms with Gasteiger partial charge in [-0.1, -0.05) is 6.07 Å². The van der Waals surface area contributed by atoms with E-state index < -0.39 is 23.8 Å². The summed E-state index contributed by atoms with van der Waals surface area (Å²) in [7, 11) is 2.71. The lowest BCUT2D eigenvalue weighted by Crippen LogP contribution is -2.40. The first-order valence-corrected chi connectivity index (χ1v) is 5.68. The van der Waals surface area contributed by atoms with Crippen molar-refractivity contribution >= 4 is 11.9 Å². The van der Waals surface area contributed by atoms with Gasteiger partial charge >= 0.3 is 5.97 Å². The number of nitrogens with zero attached hydrogens (tertiary/aromatic N) is 1. The minimum atomic E-state index is -0.823. The monoisotopic (exact) mass is 269 g/mol. The van der Waals surface area contributed by atoms with E-state index in [4.69, 9.17) is 4.74 Å². The van der Waals surface area contributed by atoms with Crippen LogP contribution in [0, 0.1) is 5.82 Å². The number of benzene rings is 1. The van der Waals surface area contributed by atoms with Gasteiger partial charge in [-0.3, -0.25) is 9.59 Å². The normalized spacial score (nSPS) is 11.6. The van der Waals surface area contributed by atoms with E-state index in [2.05, 4.69) is 4.74 Å². The minimum absolute atomic E-state index is 0.161. The summed E-state index contributed by atoms with van der Waals surface area (Å²) in [4.78, 5) is 24.1. The molecule has 0 bridgehead atoms. The summed E-state index contributed by atoms with van der Waals surface area (Å²) in [6.07, 6.45) is -0.823. The fourth-order valence-electron chi connectivity index (χ4n) is 1.44. The van der Waals surface area contributed by atoms with E-state index in [1.54, 1.807) is 6.07 Å². The van der Waals surface area contributed by atoms with Crippen LogP contribution in [-0.4, -0.2) is 43.6 Å². The lowest BCUT2D eigenvalue weighted by molar-refractivity contribution is -0.148. The molecule has 1 aromatic rings. The number of ether oxygens (including phenoxy) is 2. The number of carbonyl (C=O) groups excluding carboxylic acids is 2. The SMILES string of the molecule is COC(=O)CN(C)C(=O)C(C)Oc1cccc(F)c1. The largest absolute Gasteiger partial charge is 0.481 e. The van der Waals surface area contributed by atoms with Crippen LogP contribution in [0.4, 0.5) is 4.39 Å². The molecule has 5 nitrogen and oxygen atoms in total. The molecule has 1 amide bonds. The quantitative estimate of drug-likeness (QED) is 0.754. The number of carbonyl (C=O) groups is 2. The van der Waals surface area contributed by atoms with Gasteiger partial charge in [0.1, 0.15) is 18.1 Å². The predicted octanol–water partition coefficient (Wildman–Crippen LogP) is 1.22. The topological polar surface area (TPSA) is 55.8 Å². The highest BCUT2D eigenvalue weighted by Gasteiger charge is 2.21. The molecule has 0 saturated carbocycles. The summed E-state index contributed by atoms with van der Waals surface area (Å²) < 4.78 is 22.7. The summed E-state index contributed by atoms with van der Waals surface area (Å²) in [6, 6.07) is 5.50. The number of hydrogen-bond donors (Lipinski definition) is 0. The lowest BCUT2D eigenvalue weighted by Gasteiger charge is -2.21. The number of rotatable bonds is 5. The maximum absolute atomic E-state index is 13.0. The molecule has 1 unspecified atom stereocenters. The Labute approximate surface area is 110 Å². The van der Waals surface area contributed by atoms with Gasteiger partial charge in [-0.05, 0) is 19.1 Å². The Balaban J connectivity index is 2.59. The second kappa shape index (κ2) is 6.72. The second-order valence-corrected chi connectivity index (χ2v) is 3.99. The number of methoxy groups -OCH3 is 1. The molecule has 0 spiro atoms. The van der Waals surface area contributed by atoms with Crippen molar-refractivity contribution in [2.45, 2.75) is 13.0 Å². The molecule has 0 aliphatic heterocycles. The molecule has 6 heteroatoms. The van der Waals surface area contributed by atoms with E-state index in [9.17, 15) is 14.0 Å². The Morgan fingerprint density at radius 2 is 2.11 bits per heavy atom. The van der Waals surface area contributed by atoms with Crippen LogP contribution in [0.1, 0.15) is 6.92 Å². The summed E-state index contributed by atoms with van der Waals surface area (Å²) >= 11 is 0. The van der Waals surface area contributed by atoms with Crippen LogP contribution in [0.5, 0.6) is 5.75 Å². The molecule has 1 rings (SSSR count). The first-order valence-electron chi connectivity index (χ1n) is 5.68. The van der Waals surface area contributed by atoms with Crippen molar-refractivity contribution in [3.05, 3.63) is 30.1 Å². The summed E-state index contributed by atoms with van der Waals surface area (Å²) in [5.74, 6) is -1.10. The molecule has 0 aromatic heterocycles. The Bertz CT molecular complexity index is 464. The van der Waals surface area contributed by atoms with Crippen molar-refractivity contribution < 1.29 is 23.5 Å². The zero-order valence-corrected chi connectivity index (χ0v) is 11.1. The fraction of sp³-hybridized carbons (Fsp3) is 0.385. The van der Waals surface area contributed by atoms with Gasteiger partial charge in [0.25, 0.3) is 5.91 Å². The smallest absolute Gasteiger partial charge is 0.325 e. The molecule has 19 heavy (non-hydrogen) atoms. The molecular weight excluding hydrogens is 253 g/mol. The zero-order valence-electron chi connectivity index (χ0n) is 11.1. The Morgan fingerprint density at radius 1 is 1.42 bits per heavy atom. The van der Waals surface area contributed by atoms with Crippen molar-refractivity contribution in [2.75, 3.05) is 20.7 Å². The van der Waals surface area contributed by atoms with Crippen LogP contribution in [0.25, 0.3) is 0 Å². The Kier molecular flexibility index (Phi) is 5.29. The molecule has 0 heterocycles. The third-order valence-electron chi connectivity index (χ3n) is 2.43. The van der Waals surface area contributed by atoms with Gasteiger partial charge in [-0.15, -0.1) is 0 Å². The first-order chi connectivity index (χ1) is 8.93. The van der Waals surface area contributed by atoms with Crippen molar-refractivity contribution in [3.63, 3.8) is 0 Å². The van der Waals surface area contributed by atoms with Crippen LogP contribution < -0.4 is 4.74 Å². The van der Waals surface area contributed by atoms with Crippen molar-refractivity contribution in [3.8, 4) is 5.75 Å². The third kappa shape index (κ3) is 4.57. The number of halogens is 1. The molecule has 0 fully saturated rings. The number of hydrogen-bond acceptors (Lipinski definition) is 4. The van der Waals surface area contributed by atoms with Crippen molar-refractivity contribution in [2.24, 2.45) is 0 Å². The third-order valence-corrected chi connectivity index (χ3v) is 2.43. The fourth-order valence-corrected chi connectivity index (χ4v) is 1.44. The molecule has 0 aliphatic rings. The van der Waals surface area contributed by atoms with Crippen molar-refractivity contribution in [1.29, 1.82) is 0 Å². The molecule has 104 valence electrons. The van der Waals surface area contributed by atoms with Crippen LogP contribution in [-0.2, 0) is 14.3 Å². The van der Waals surface area contributed by atoms with Crippen molar-refractivity contribution in [1.82, 2.24) is 4.90 Å². The average Bonchev–Trinajstić information content (AvgIpc) is 2.37. The van der Waals surface area contributed by atoms with Crippen LogP contribution in [0.3, 0.4) is 0 Å². The van der Waals surface area contributed by atoms with E-state index in [0.29, 0.717) is 0 Å². The molecule has 0 saturated heterocycles. The maximum atomic E-state index is 13.0. The molecule has 0 N–H and O–H groups in total. The average molecular weight is 269 g/mol. The first kappa shape index (κ1) is 14.9. The number of esters is 1. The summed E-state index contributed by atoms with van der Waals surface area (Å²) in [5, 5.41) is 0. The molecular formula is C13H16FNO4. The second-order valence-electron chi connectivity index (χ2n) is 3.99. The van der Waals surface area contributed by atoms with Gasteiger partial charge < -0.3 is 14.4 Å². The standard InChI is InChI=1S/C13H16FNO4/c1-9(13(17)15(2)8-12(16)18-3)19-11-6-4-5-10(14)7-11/h4-7,9H,8H2,1-3H3. The van der Waals surface area contributed by atoms with E-state index in [-0.39, 0.29) is 12.3 Å². The van der Waals surface area contributed by atoms with E-state index in [1.807, 2.05) is 0 Å². The van der Waals surface area contributed by atoms with Gasteiger partial charge in [0.2, 0.25) is 0 Å². The molecule has 0 radical (unpaired) electrons. The van der Waals surface area contributed by atoms with Gasteiger partial charge in [-0.25, -0.2) is 4.39 Å². The van der Waals surface area contributed by atoms with Gasteiger partial charge in [0, 0.05) is 13.1 Å². The van der Waals surface area contributed by atoms with Gasteiger partial charge in [-0.2, -0.15) is 0 Å². The minimum Gasteiger partial charge on any atom is -0.481 e. The summed E-state index contributed by atoms with van der Waals surface area (Å²) in [6.45, 7) is 1.37. The number of likely N-dealkylation sites (N-methyl/N-ethyl adjacent to an activating group) is 1. The van der Waals surface area contributed by atoms with Crippen LogP contribution in [0.2, 0.25) is 0 Å². The maximum Gasteiger partial charge on any atom is 0.325 e. The zero-order chi connectivity index (χ0) is 14.4. The Morgan fingerprint density at radius 3 is 2.68 bits per heavy atom. The molecule has 1 atom stereocenters. The van der Waals surface area contributed by atoms with Crippen LogP contribution >= 0.6 is 0 Å². The summed E-state index contributed by atoms with van der Waals surface area (Å²) in [5.41, 5.74) is 0. The van der Waals surface area contributed by atoms with Gasteiger partial charge in [0.15, 0.2) is 6.10 Å². The van der Waals surface area contributed by atoms with E-state index in [1.165, 1.54) is 44.2 Å². The molecule has 0 aliphatic carbocycles. The lowest BCUT2D eigenvalue weighted by atomic mass is 10.3. The van der Waals surface area contributed by atoms with Crippen LogP contribution in [0.15, 0.2) is 24.3 Å². The predicted molar refractivity (Wildman–Crippen MR) is 66.1 cm³/mol. The number of amides is 1. The highest BCUT2D eigenvalue weighted by Crippen LogP contribution is 2.14. The highest BCUT2D eigenvalue weighted by atomic mass is 19.1. The van der Waals surface area contributed by atoms with Gasteiger partial charge in [0.05, 0.1) is 7.11 Å². The van der Waals surface area contributed by atoms with E-state index >= 15 is 0 Å².